The number of halogens is 1. The third-order valence-electron chi connectivity index (χ3n) is 2.33. The minimum atomic E-state index is 0.601. The number of thiophene rings is 1. The zero-order valence-electron chi connectivity index (χ0n) is 8.46. The molecule has 15 heavy (non-hydrogen) atoms. The van der Waals surface area contributed by atoms with Gasteiger partial charge < -0.3 is 5.73 Å². The van der Waals surface area contributed by atoms with Gasteiger partial charge in [-0.25, -0.2) is 0 Å². The van der Waals surface area contributed by atoms with Crippen molar-refractivity contribution in [3.8, 4) is 10.4 Å². The average molecular weight is 238 g/mol. The van der Waals surface area contributed by atoms with Crippen LogP contribution in [0.3, 0.4) is 0 Å². The van der Waals surface area contributed by atoms with Crippen LogP contribution in [0.4, 0.5) is 0 Å². The van der Waals surface area contributed by atoms with Gasteiger partial charge in [-0.3, -0.25) is 0 Å². The summed E-state index contributed by atoms with van der Waals surface area (Å²) < 4.78 is 0. The number of rotatable bonds is 2. The second-order valence-corrected chi connectivity index (χ2v) is 5.03. The molecule has 2 aromatic rings. The van der Waals surface area contributed by atoms with E-state index in [0.717, 1.165) is 5.02 Å². The van der Waals surface area contributed by atoms with Gasteiger partial charge in [0.25, 0.3) is 0 Å². The lowest BCUT2D eigenvalue weighted by Crippen LogP contribution is -1.91. The molecule has 0 fully saturated rings. The average Bonchev–Trinajstić information content (AvgIpc) is 2.70. The van der Waals surface area contributed by atoms with Gasteiger partial charge in [0.2, 0.25) is 0 Å². The van der Waals surface area contributed by atoms with Crippen molar-refractivity contribution < 1.29 is 0 Å². The fraction of sp³-hybridized carbons (Fsp3) is 0.167. The standard InChI is InChI=1S/C12H12ClNS/c1-8-2-3-9(13)6-11(8)12-5-4-10(7-14)15-12/h2-6H,7,14H2,1H3. The highest BCUT2D eigenvalue weighted by molar-refractivity contribution is 7.15. The molecule has 2 N–H and O–H groups in total. The normalized spacial score (nSPS) is 10.6. The van der Waals surface area contributed by atoms with Crippen LogP contribution >= 0.6 is 22.9 Å². The molecule has 0 atom stereocenters. The Hall–Kier alpha value is -0.830. The predicted molar refractivity (Wildman–Crippen MR) is 67.4 cm³/mol. The molecule has 0 spiro atoms. The van der Waals surface area contributed by atoms with Crippen LogP contribution in [0.15, 0.2) is 30.3 Å². The Morgan fingerprint density at radius 1 is 1.27 bits per heavy atom. The molecule has 0 bridgehead atoms. The highest BCUT2D eigenvalue weighted by Gasteiger charge is 2.05. The molecule has 0 aliphatic heterocycles. The molecule has 1 nitrogen and oxygen atoms in total. The maximum Gasteiger partial charge on any atom is 0.0412 e. The van der Waals surface area contributed by atoms with Crippen molar-refractivity contribution in [2.75, 3.05) is 0 Å². The van der Waals surface area contributed by atoms with E-state index in [1.165, 1.54) is 20.9 Å². The van der Waals surface area contributed by atoms with Gasteiger partial charge in [0.1, 0.15) is 0 Å². The van der Waals surface area contributed by atoms with Gasteiger partial charge in [0.15, 0.2) is 0 Å². The van der Waals surface area contributed by atoms with Crippen molar-refractivity contribution in [2.24, 2.45) is 5.73 Å². The molecule has 1 aromatic carbocycles. The molecule has 1 heterocycles. The van der Waals surface area contributed by atoms with Crippen LogP contribution in [0.2, 0.25) is 5.02 Å². The lowest BCUT2D eigenvalue weighted by Gasteiger charge is -2.03. The molecule has 0 saturated carbocycles. The summed E-state index contributed by atoms with van der Waals surface area (Å²) in [6.45, 7) is 2.69. The molecule has 2 rings (SSSR count). The van der Waals surface area contributed by atoms with Crippen LogP contribution < -0.4 is 5.73 Å². The first-order chi connectivity index (χ1) is 7.20. The first kappa shape index (κ1) is 10.7. The molecule has 1 aromatic heterocycles. The Kier molecular flexibility index (Phi) is 3.10. The van der Waals surface area contributed by atoms with Gasteiger partial charge in [-0.05, 0) is 42.3 Å². The van der Waals surface area contributed by atoms with E-state index in [-0.39, 0.29) is 0 Å². The second-order valence-electron chi connectivity index (χ2n) is 3.43. The molecule has 0 amide bonds. The molecule has 0 aliphatic carbocycles. The fourth-order valence-corrected chi connectivity index (χ4v) is 2.63. The summed E-state index contributed by atoms with van der Waals surface area (Å²) in [5.74, 6) is 0. The van der Waals surface area contributed by atoms with E-state index in [1.54, 1.807) is 11.3 Å². The van der Waals surface area contributed by atoms with Crippen molar-refractivity contribution in [2.45, 2.75) is 13.5 Å². The van der Waals surface area contributed by atoms with Gasteiger partial charge in [0, 0.05) is 21.3 Å². The maximum atomic E-state index is 5.99. The second kappa shape index (κ2) is 4.35. The third kappa shape index (κ3) is 2.23. The minimum Gasteiger partial charge on any atom is -0.326 e. The summed E-state index contributed by atoms with van der Waals surface area (Å²) in [7, 11) is 0. The van der Waals surface area contributed by atoms with E-state index < -0.39 is 0 Å². The van der Waals surface area contributed by atoms with Gasteiger partial charge in [-0.15, -0.1) is 11.3 Å². The molecule has 0 radical (unpaired) electrons. The number of aryl methyl sites for hydroxylation is 1. The fourth-order valence-electron chi connectivity index (χ4n) is 1.49. The predicted octanol–water partition coefficient (Wildman–Crippen LogP) is 3.84. The van der Waals surface area contributed by atoms with Gasteiger partial charge in [-0.2, -0.15) is 0 Å². The van der Waals surface area contributed by atoms with Crippen LogP contribution in [0.25, 0.3) is 10.4 Å². The van der Waals surface area contributed by atoms with Crippen molar-refractivity contribution >= 4 is 22.9 Å². The molecule has 3 heteroatoms. The minimum absolute atomic E-state index is 0.601. The van der Waals surface area contributed by atoms with E-state index in [1.807, 2.05) is 18.2 Å². The molecule has 0 unspecified atom stereocenters. The topological polar surface area (TPSA) is 26.0 Å². The zero-order chi connectivity index (χ0) is 10.8. The van der Waals surface area contributed by atoms with E-state index in [9.17, 15) is 0 Å². The Morgan fingerprint density at radius 3 is 2.73 bits per heavy atom. The van der Waals surface area contributed by atoms with Crippen LogP contribution in [-0.4, -0.2) is 0 Å². The molecule has 78 valence electrons. The van der Waals surface area contributed by atoms with Crippen LogP contribution in [0, 0.1) is 6.92 Å². The quantitative estimate of drug-likeness (QED) is 0.844. The smallest absolute Gasteiger partial charge is 0.0412 e. The summed E-state index contributed by atoms with van der Waals surface area (Å²) in [4.78, 5) is 2.43. The van der Waals surface area contributed by atoms with Gasteiger partial charge >= 0.3 is 0 Å². The van der Waals surface area contributed by atoms with Crippen molar-refractivity contribution in [1.82, 2.24) is 0 Å². The summed E-state index contributed by atoms with van der Waals surface area (Å²) in [6, 6.07) is 10.1. The Balaban J connectivity index is 2.48. The summed E-state index contributed by atoms with van der Waals surface area (Å²) in [5, 5.41) is 0.776. The van der Waals surface area contributed by atoms with Crippen LogP contribution in [-0.2, 0) is 6.54 Å². The van der Waals surface area contributed by atoms with Crippen molar-refractivity contribution in [3.63, 3.8) is 0 Å². The zero-order valence-corrected chi connectivity index (χ0v) is 10.0. The van der Waals surface area contributed by atoms with Gasteiger partial charge in [0.05, 0.1) is 0 Å². The van der Waals surface area contributed by atoms with Crippen LogP contribution in [0.1, 0.15) is 10.4 Å². The number of hydrogen-bond donors (Lipinski definition) is 1. The maximum absolute atomic E-state index is 5.99. The molecule has 0 saturated heterocycles. The van der Waals surface area contributed by atoms with E-state index >= 15 is 0 Å². The highest BCUT2D eigenvalue weighted by Crippen LogP contribution is 2.32. The van der Waals surface area contributed by atoms with Crippen molar-refractivity contribution in [1.29, 1.82) is 0 Å². The first-order valence-electron chi connectivity index (χ1n) is 4.76. The van der Waals surface area contributed by atoms with Crippen molar-refractivity contribution in [3.05, 3.63) is 45.8 Å². The summed E-state index contributed by atoms with van der Waals surface area (Å²) in [6.07, 6.45) is 0. The van der Waals surface area contributed by atoms with E-state index in [2.05, 4.69) is 19.1 Å². The van der Waals surface area contributed by atoms with Gasteiger partial charge in [-0.1, -0.05) is 17.7 Å². The number of nitrogens with two attached hydrogens (primary N) is 1. The Morgan fingerprint density at radius 2 is 2.07 bits per heavy atom. The molecular weight excluding hydrogens is 226 g/mol. The highest BCUT2D eigenvalue weighted by atomic mass is 35.5. The lowest BCUT2D eigenvalue weighted by molar-refractivity contribution is 1.11. The number of hydrogen-bond acceptors (Lipinski definition) is 2. The molecular formula is C12H12ClNS. The Labute approximate surface area is 98.5 Å². The van der Waals surface area contributed by atoms with Crippen LogP contribution in [0.5, 0.6) is 0 Å². The Bertz CT molecular complexity index is 476. The first-order valence-corrected chi connectivity index (χ1v) is 5.95. The lowest BCUT2D eigenvalue weighted by atomic mass is 10.1. The third-order valence-corrected chi connectivity index (χ3v) is 3.70. The largest absolute Gasteiger partial charge is 0.326 e. The number of benzene rings is 1. The summed E-state index contributed by atoms with van der Waals surface area (Å²) in [5.41, 5.74) is 8.04. The van der Waals surface area contributed by atoms with E-state index in [4.69, 9.17) is 17.3 Å². The summed E-state index contributed by atoms with van der Waals surface area (Å²) >= 11 is 7.71. The SMILES string of the molecule is Cc1ccc(Cl)cc1-c1ccc(CN)s1. The van der Waals surface area contributed by atoms with E-state index in [0.29, 0.717) is 6.54 Å². The monoisotopic (exact) mass is 237 g/mol. The molecule has 0 aliphatic rings.